The van der Waals surface area contributed by atoms with Crippen molar-refractivity contribution in [2.75, 3.05) is 18.4 Å². The lowest BCUT2D eigenvalue weighted by Crippen LogP contribution is -2.34. The van der Waals surface area contributed by atoms with Gasteiger partial charge in [-0.3, -0.25) is 0 Å². The summed E-state index contributed by atoms with van der Waals surface area (Å²) in [6, 6.07) is 17.4. The molecule has 2 heterocycles. The highest BCUT2D eigenvalue weighted by atomic mass is 16.7. The number of urea groups is 1. The Kier molecular flexibility index (Phi) is 10.1. The van der Waals surface area contributed by atoms with Gasteiger partial charge in [0.1, 0.15) is 22.7 Å². The number of imidazole rings is 1. The molecule has 0 spiro atoms. The van der Waals surface area contributed by atoms with Crippen LogP contribution in [0.5, 0.6) is 5.75 Å². The lowest BCUT2D eigenvalue weighted by molar-refractivity contribution is 0.0207. The Balaban J connectivity index is 1.61. The number of carbonyl (C=O) groups is 2. The van der Waals surface area contributed by atoms with Crippen LogP contribution in [0.3, 0.4) is 0 Å². The molecule has 0 aliphatic rings. The van der Waals surface area contributed by atoms with Crippen molar-refractivity contribution < 1.29 is 19.1 Å². The standard InChI is InChI=1S/C34H43N5O4/c1-8-11-16-30-36-28-21-27(37-32(40)38(9-2)10-3)23(4)35-31(28)39(30)22-24-17-19-25(20-18-24)26-14-12-13-15-29(26)42-33(41)43-34(5,6)7/h12-15,17-21H,8-11,16,22H2,1-7H3,(H,37,40). The van der Waals surface area contributed by atoms with Gasteiger partial charge in [-0.1, -0.05) is 55.8 Å². The van der Waals surface area contributed by atoms with Gasteiger partial charge in [-0.15, -0.1) is 0 Å². The molecule has 2 amide bonds. The molecule has 0 aliphatic heterocycles. The molecule has 0 unspecified atom stereocenters. The SMILES string of the molecule is CCCCc1nc2cc(NC(=O)N(CC)CC)c(C)nc2n1Cc1ccc(-c2ccccc2OC(=O)OC(C)(C)C)cc1. The molecule has 2 aromatic heterocycles. The summed E-state index contributed by atoms with van der Waals surface area (Å²) in [7, 11) is 0. The van der Waals surface area contributed by atoms with Crippen LogP contribution < -0.4 is 10.1 Å². The second kappa shape index (κ2) is 13.7. The van der Waals surface area contributed by atoms with Crippen LogP contribution in [-0.4, -0.2) is 50.3 Å². The van der Waals surface area contributed by atoms with Gasteiger partial charge < -0.3 is 24.3 Å². The van der Waals surface area contributed by atoms with E-state index in [1.165, 1.54) is 0 Å². The Hall–Kier alpha value is -4.40. The van der Waals surface area contributed by atoms with Gasteiger partial charge in [0, 0.05) is 25.1 Å². The number of aryl methyl sites for hydroxylation is 2. The van der Waals surface area contributed by atoms with Crippen LogP contribution in [0, 0.1) is 6.92 Å². The third kappa shape index (κ3) is 7.91. The fourth-order valence-corrected chi connectivity index (χ4v) is 4.84. The predicted octanol–water partition coefficient (Wildman–Crippen LogP) is 7.99. The molecule has 0 atom stereocenters. The van der Waals surface area contributed by atoms with E-state index < -0.39 is 11.8 Å². The van der Waals surface area contributed by atoms with Crippen LogP contribution in [-0.2, 0) is 17.7 Å². The molecule has 4 aromatic rings. The molecule has 228 valence electrons. The average Bonchev–Trinajstić information content (AvgIpc) is 3.28. The van der Waals surface area contributed by atoms with Crippen LogP contribution in [0.2, 0.25) is 0 Å². The maximum atomic E-state index is 12.7. The molecule has 9 heteroatoms. The number of rotatable bonds is 10. The van der Waals surface area contributed by atoms with Gasteiger partial charge in [-0.2, -0.15) is 0 Å². The van der Waals surface area contributed by atoms with Crippen molar-refractivity contribution in [3.05, 3.63) is 71.7 Å². The van der Waals surface area contributed by atoms with Crippen LogP contribution in [0.4, 0.5) is 15.3 Å². The van der Waals surface area contributed by atoms with E-state index in [1.54, 1.807) is 31.7 Å². The van der Waals surface area contributed by atoms with Gasteiger partial charge in [0.25, 0.3) is 0 Å². The number of nitrogens with one attached hydrogen (secondary N) is 1. The number of anilines is 1. The number of amides is 2. The lowest BCUT2D eigenvalue weighted by Gasteiger charge is -2.19. The lowest BCUT2D eigenvalue weighted by atomic mass is 10.0. The first-order chi connectivity index (χ1) is 20.5. The number of hydrogen-bond donors (Lipinski definition) is 1. The second-order valence-corrected chi connectivity index (χ2v) is 11.5. The minimum atomic E-state index is -0.735. The molecule has 0 aliphatic carbocycles. The van der Waals surface area contributed by atoms with Crippen LogP contribution in [0.25, 0.3) is 22.3 Å². The van der Waals surface area contributed by atoms with Crippen molar-refractivity contribution in [3.63, 3.8) is 0 Å². The Bertz CT molecular complexity index is 1570. The molecule has 0 bridgehead atoms. The van der Waals surface area contributed by atoms with E-state index in [-0.39, 0.29) is 6.03 Å². The average molecular weight is 586 g/mol. The number of aromatic nitrogens is 3. The maximum absolute atomic E-state index is 12.7. The molecule has 0 saturated carbocycles. The summed E-state index contributed by atoms with van der Waals surface area (Å²) in [6.07, 6.45) is 2.17. The van der Waals surface area contributed by atoms with Gasteiger partial charge in [-0.25, -0.2) is 19.6 Å². The number of fused-ring (bicyclic) bond motifs is 1. The number of ether oxygens (including phenoxy) is 2. The van der Waals surface area contributed by atoms with Gasteiger partial charge >= 0.3 is 12.2 Å². The van der Waals surface area contributed by atoms with Crippen LogP contribution in [0.1, 0.15) is 71.5 Å². The van der Waals surface area contributed by atoms with Gasteiger partial charge in [0.2, 0.25) is 0 Å². The minimum absolute atomic E-state index is 0.141. The third-order valence-corrected chi connectivity index (χ3v) is 7.11. The molecular formula is C34H43N5O4. The summed E-state index contributed by atoms with van der Waals surface area (Å²) in [5, 5.41) is 3.01. The zero-order valence-electron chi connectivity index (χ0n) is 26.4. The number of benzene rings is 2. The van der Waals surface area contributed by atoms with Crippen molar-refractivity contribution in [2.24, 2.45) is 0 Å². The number of para-hydroxylation sites is 1. The van der Waals surface area contributed by atoms with Crippen molar-refractivity contribution in [3.8, 4) is 16.9 Å². The molecular weight excluding hydrogens is 542 g/mol. The van der Waals surface area contributed by atoms with Crippen LogP contribution in [0.15, 0.2) is 54.6 Å². The van der Waals surface area contributed by atoms with Crippen molar-refractivity contribution in [1.82, 2.24) is 19.4 Å². The normalized spacial score (nSPS) is 11.4. The summed E-state index contributed by atoms with van der Waals surface area (Å²) in [6.45, 7) is 15.3. The van der Waals surface area contributed by atoms with E-state index in [1.807, 2.05) is 57.2 Å². The van der Waals surface area contributed by atoms with E-state index in [0.29, 0.717) is 31.1 Å². The highest BCUT2D eigenvalue weighted by molar-refractivity contribution is 5.92. The van der Waals surface area contributed by atoms with Crippen molar-refractivity contribution in [1.29, 1.82) is 0 Å². The second-order valence-electron chi connectivity index (χ2n) is 11.5. The molecule has 0 fully saturated rings. The van der Waals surface area contributed by atoms with E-state index in [2.05, 4.69) is 28.9 Å². The molecule has 2 aromatic carbocycles. The first-order valence-corrected chi connectivity index (χ1v) is 15.0. The van der Waals surface area contributed by atoms with Crippen molar-refractivity contribution in [2.45, 2.75) is 79.9 Å². The quantitative estimate of drug-likeness (QED) is 0.150. The van der Waals surface area contributed by atoms with E-state index in [0.717, 1.165) is 58.6 Å². The van der Waals surface area contributed by atoms with Gasteiger partial charge in [0.15, 0.2) is 5.65 Å². The molecule has 1 N–H and O–H groups in total. The predicted molar refractivity (Wildman–Crippen MR) is 171 cm³/mol. The van der Waals surface area contributed by atoms with Gasteiger partial charge in [0.05, 0.1) is 17.9 Å². The fourth-order valence-electron chi connectivity index (χ4n) is 4.84. The maximum Gasteiger partial charge on any atom is 0.514 e. The Morgan fingerprint density at radius 2 is 1.67 bits per heavy atom. The Morgan fingerprint density at radius 3 is 2.33 bits per heavy atom. The summed E-state index contributed by atoms with van der Waals surface area (Å²) in [4.78, 5) is 36.6. The first-order valence-electron chi connectivity index (χ1n) is 15.0. The number of nitrogens with zero attached hydrogens (tertiary/aromatic N) is 4. The monoisotopic (exact) mass is 585 g/mol. The van der Waals surface area contributed by atoms with Crippen molar-refractivity contribution >= 4 is 29.0 Å². The summed E-state index contributed by atoms with van der Waals surface area (Å²) in [5.41, 5.74) is 5.14. The van der Waals surface area contributed by atoms with E-state index >= 15 is 0 Å². The fraction of sp³-hybridized carbons (Fsp3) is 0.412. The number of hydrogen-bond acceptors (Lipinski definition) is 6. The highest BCUT2D eigenvalue weighted by Crippen LogP contribution is 2.31. The topological polar surface area (TPSA) is 98.6 Å². The molecule has 4 rings (SSSR count). The summed E-state index contributed by atoms with van der Waals surface area (Å²) >= 11 is 0. The number of pyridine rings is 1. The molecule has 0 radical (unpaired) electrons. The first kappa shape index (κ1) is 31.5. The Morgan fingerprint density at radius 1 is 0.977 bits per heavy atom. The smallest absolute Gasteiger partial charge is 0.428 e. The Labute approximate surface area is 254 Å². The molecule has 43 heavy (non-hydrogen) atoms. The number of carbonyl (C=O) groups excluding carboxylic acids is 2. The zero-order valence-corrected chi connectivity index (χ0v) is 26.4. The summed E-state index contributed by atoms with van der Waals surface area (Å²) in [5.74, 6) is 1.41. The minimum Gasteiger partial charge on any atom is -0.428 e. The van der Waals surface area contributed by atoms with Gasteiger partial charge in [-0.05, 0) is 71.2 Å². The van der Waals surface area contributed by atoms with E-state index in [9.17, 15) is 9.59 Å². The number of unbranched alkanes of at least 4 members (excludes halogenated alkanes) is 1. The molecule has 9 nitrogen and oxygen atoms in total. The molecule has 0 saturated heterocycles. The highest BCUT2D eigenvalue weighted by Gasteiger charge is 2.20. The van der Waals surface area contributed by atoms with E-state index in [4.69, 9.17) is 19.4 Å². The zero-order chi connectivity index (χ0) is 31.1. The largest absolute Gasteiger partial charge is 0.514 e. The summed E-state index contributed by atoms with van der Waals surface area (Å²) < 4.78 is 13.1. The van der Waals surface area contributed by atoms with Crippen LogP contribution >= 0.6 is 0 Å². The third-order valence-electron chi connectivity index (χ3n) is 7.11.